The number of methoxy groups -OCH3 is 2. The van der Waals surface area contributed by atoms with Gasteiger partial charge in [0.1, 0.15) is 23.0 Å². The van der Waals surface area contributed by atoms with E-state index in [1.807, 2.05) is 6.92 Å². The number of amides is 1. The van der Waals surface area contributed by atoms with Crippen molar-refractivity contribution in [3.05, 3.63) is 59.2 Å². The van der Waals surface area contributed by atoms with Gasteiger partial charge in [-0.3, -0.25) is 14.5 Å². The molecule has 0 spiro atoms. The summed E-state index contributed by atoms with van der Waals surface area (Å²) in [6.07, 6.45) is 0. The third-order valence-electron chi connectivity index (χ3n) is 6.47. The van der Waals surface area contributed by atoms with Gasteiger partial charge < -0.3 is 29.0 Å². The Balaban J connectivity index is 1.79. The lowest BCUT2D eigenvalue weighted by atomic mass is 9.94. The number of hydrogen-bond acceptors (Lipinski definition) is 8. The Hall–Kier alpha value is -3.56. The van der Waals surface area contributed by atoms with Gasteiger partial charge in [-0.25, -0.2) is 0 Å². The molecule has 2 heterocycles. The van der Waals surface area contributed by atoms with Gasteiger partial charge in [0.25, 0.3) is 11.7 Å². The zero-order chi connectivity index (χ0) is 25.7. The molecule has 0 saturated carbocycles. The molecule has 2 aliphatic rings. The average Bonchev–Trinajstić information content (AvgIpc) is 3.17. The molecule has 36 heavy (non-hydrogen) atoms. The van der Waals surface area contributed by atoms with Crippen LogP contribution in [0.15, 0.2) is 48.0 Å². The number of carbonyl (C=O) groups excluding carboxylic acids is 2. The Labute approximate surface area is 210 Å². The molecule has 1 atom stereocenters. The second-order valence-electron chi connectivity index (χ2n) is 8.51. The lowest BCUT2D eigenvalue weighted by Crippen LogP contribution is -2.42. The fraction of sp³-hybridized carbons (Fsp3) is 0.407. The second-order valence-corrected chi connectivity index (χ2v) is 8.51. The van der Waals surface area contributed by atoms with E-state index in [1.165, 1.54) is 12.0 Å². The quantitative estimate of drug-likeness (QED) is 0.322. The van der Waals surface area contributed by atoms with Crippen molar-refractivity contribution < 1.29 is 33.6 Å². The van der Waals surface area contributed by atoms with Gasteiger partial charge in [-0.2, -0.15) is 0 Å². The average molecular weight is 497 g/mol. The molecule has 192 valence electrons. The van der Waals surface area contributed by atoms with Crippen molar-refractivity contribution in [3.63, 3.8) is 0 Å². The summed E-state index contributed by atoms with van der Waals surface area (Å²) in [4.78, 5) is 30.3. The molecule has 9 heteroatoms. The number of ether oxygens (including phenoxy) is 4. The highest BCUT2D eigenvalue weighted by Crippen LogP contribution is 2.43. The number of aliphatic hydroxyl groups is 1. The van der Waals surface area contributed by atoms with Crippen LogP contribution in [0.5, 0.6) is 17.2 Å². The highest BCUT2D eigenvalue weighted by Gasteiger charge is 2.47. The Morgan fingerprint density at radius 1 is 1.00 bits per heavy atom. The zero-order valence-corrected chi connectivity index (χ0v) is 20.9. The van der Waals surface area contributed by atoms with Crippen LogP contribution in [0, 0.1) is 0 Å². The van der Waals surface area contributed by atoms with E-state index in [-0.39, 0.29) is 11.3 Å². The highest BCUT2D eigenvalue weighted by atomic mass is 16.5. The van der Waals surface area contributed by atoms with Gasteiger partial charge in [0, 0.05) is 37.3 Å². The highest BCUT2D eigenvalue weighted by molar-refractivity contribution is 6.46. The van der Waals surface area contributed by atoms with E-state index < -0.39 is 17.7 Å². The maximum Gasteiger partial charge on any atom is 0.295 e. The van der Waals surface area contributed by atoms with Crippen molar-refractivity contribution in [1.29, 1.82) is 0 Å². The molecule has 2 aliphatic heterocycles. The number of carbonyl (C=O) groups is 2. The lowest BCUT2D eigenvalue weighted by molar-refractivity contribution is -0.140. The second kappa shape index (κ2) is 11.5. The molecule has 1 amide bonds. The molecule has 4 rings (SSSR count). The van der Waals surface area contributed by atoms with E-state index in [4.69, 9.17) is 18.9 Å². The van der Waals surface area contributed by atoms with Gasteiger partial charge in [-0.05, 0) is 49.4 Å². The molecular formula is C27H32N2O7. The number of Topliss-reactive ketones (excluding diaryl/α,β-unsaturated/α-hetero) is 1. The number of ketones is 1. The third kappa shape index (κ3) is 5.17. The zero-order valence-electron chi connectivity index (χ0n) is 20.9. The first-order valence-electron chi connectivity index (χ1n) is 12.0. The molecule has 2 saturated heterocycles. The summed E-state index contributed by atoms with van der Waals surface area (Å²) < 4.78 is 21.9. The normalized spacial score (nSPS) is 20.0. The molecule has 2 aromatic carbocycles. The van der Waals surface area contributed by atoms with E-state index in [9.17, 15) is 14.7 Å². The molecule has 0 unspecified atom stereocenters. The summed E-state index contributed by atoms with van der Waals surface area (Å²) in [5.41, 5.74) is 0.986. The Kier molecular flexibility index (Phi) is 8.12. The number of morpholine rings is 1. The van der Waals surface area contributed by atoms with E-state index in [0.717, 1.165) is 13.1 Å². The minimum Gasteiger partial charge on any atom is -0.507 e. The van der Waals surface area contributed by atoms with Gasteiger partial charge in [0.05, 0.1) is 45.7 Å². The molecule has 0 radical (unpaired) electrons. The van der Waals surface area contributed by atoms with Crippen LogP contribution in [-0.4, -0.2) is 86.8 Å². The Morgan fingerprint density at radius 2 is 1.69 bits per heavy atom. The van der Waals surface area contributed by atoms with Crippen molar-refractivity contribution in [2.24, 2.45) is 0 Å². The van der Waals surface area contributed by atoms with Crippen LogP contribution in [0.2, 0.25) is 0 Å². The smallest absolute Gasteiger partial charge is 0.295 e. The predicted molar refractivity (Wildman–Crippen MR) is 133 cm³/mol. The first-order chi connectivity index (χ1) is 17.5. The van der Waals surface area contributed by atoms with Gasteiger partial charge in [-0.15, -0.1) is 0 Å². The van der Waals surface area contributed by atoms with Crippen LogP contribution in [0.3, 0.4) is 0 Å². The summed E-state index contributed by atoms with van der Waals surface area (Å²) in [7, 11) is 3.07. The van der Waals surface area contributed by atoms with Crippen molar-refractivity contribution in [1.82, 2.24) is 9.80 Å². The van der Waals surface area contributed by atoms with Crippen molar-refractivity contribution >= 4 is 17.4 Å². The predicted octanol–water partition coefficient (Wildman–Crippen LogP) is 2.86. The summed E-state index contributed by atoms with van der Waals surface area (Å²) in [6, 6.07) is 11.1. The standard InChI is InChI=1S/C27H32N2O7/c1-4-36-19-7-5-18(6-8-19)25(30)23-24(21-17-20(33-2)9-10-22(21)34-3)29(27(32)26(23)31)12-11-28-13-15-35-16-14-28/h5-10,17,24,30H,4,11-16H2,1-3H3/b25-23+/t24-/m1/s1. The minimum atomic E-state index is -0.845. The summed E-state index contributed by atoms with van der Waals surface area (Å²) in [5.74, 6) is 0.0253. The molecule has 2 fully saturated rings. The van der Waals surface area contributed by atoms with Crippen LogP contribution in [0.25, 0.3) is 5.76 Å². The van der Waals surface area contributed by atoms with Gasteiger partial charge >= 0.3 is 0 Å². The Morgan fingerprint density at radius 3 is 2.33 bits per heavy atom. The van der Waals surface area contributed by atoms with Gasteiger partial charge in [0.2, 0.25) is 0 Å². The summed E-state index contributed by atoms with van der Waals surface area (Å²) in [5, 5.41) is 11.3. The molecular weight excluding hydrogens is 464 g/mol. The number of rotatable bonds is 9. The van der Waals surface area contributed by atoms with Crippen LogP contribution in [0.1, 0.15) is 24.1 Å². The largest absolute Gasteiger partial charge is 0.507 e. The van der Waals surface area contributed by atoms with Crippen LogP contribution in [-0.2, 0) is 14.3 Å². The first-order valence-corrected chi connectivity index (χ1v) is 12.0. The number of hydrogen-bond donors (Lipinski definition) is 1. The van der Waals surface area contributed by atoms with Crippen LogP contribution in [0.4, 0.5) is 0 Å². The molecule has 9 nitrogen and oxygen atoms in total. The molecule has 2 aromatic rings. The van der Waals surface area contributed by atoms with Crippen molar-refractivity contribution in [3.8, 4) is 17.2 Å². The lowest BCUT2D eigenvalue weighted by Gasteiger charge is -2.31. The minimum absolute atomic E-state index is 0.0118. The molecule has 0 bridgehead atoms. The van der Waals surface area contributed by atoms with Crippen molar-refractivity contribution in [2.45, 2.75) is 13.0 Å². The van der Waals surface area contributed by atoms with Gasteiger partial charge in [0.15, 0.2) is 0 Å². The van der Waals surface area contributed by atoms with E-state index in [1.54, 1.807) is 49.6 Å². The SMILES string of the molecule is CCOc1ccc(/C(O)=C2\C(=O)C(=O)N(CCN3CCOCC3)[C@@H]2c2cc(OC)ccc2OC)cc1. The maximum absolute atomic E-state index is 13.3. The maximum atomic E-state index is 13.3. The monoisotopic (exact) mass is 496 g/mol. The summed E-state index contributed by atoms with van der Waals surface area (Å²) >= 11 is 0. The van der Waals surface area contributed by atoms with E-state index in [2.05, 4.69) is 4.90 Å². The number of benzene rings is 2. The third-order valence-corrected chi connectivity index (χ3v) is 6.47. The number of nitrogens with zero attached hydrogens (tertiary/aromatic N) is 2. The summed E-state index contributed by atoms with van der Waals surface area (Å²) in [6.45, 7) is 6.03. The Bertz CT molecular complexity index is 1120. The van der Waals surface area contributed by atoms with E-state index >= 15 is 0 Å². The van der Waals surface area contributed by atoms with Crippen LogP contribution < -0.4 is 14.2 Å². The first kappa shape index (κ1) is 25.5. The van der Waals surface area contributed by atoms with E-state index in [0.29, 0.717) is 61.3 Å². The molecule has 0 aliphatic carbocycles. The topological polar surface area (TPSA) is 97.8 Å². The number of likely N-dealkylation sites (tertiary alicyclic amines) is 1. The van der Waals surface area contributed by atoms with Gasteiger partial charge in [-0.1, -0.05) is 0 Å². The molecule has 1 N–H and O–H groups in total. The molecule has 0 aromatic heterocycles. The fourth-order valence-electron chi connectivity index (χ4n) is 4.59. The fourth-order valence-corrected chi connectivity index (χ4v) is 4.59. The van der Waals surface area contributed by atoms with Crippen molar-refractivity contribution in [2.75, 3.05) is 60.2 Å². The number of aliphatic hydroxyl groups excluding tert-OH is 1. The van der Waals surface area contributed by atoms with Crippen LogP contribution >= 0.6 is 0 Å².